The number of para-hydroxylation sites is 1. The highest BCUT2D eigenvalue weighted by atomic mass is 16.5. The van der Waals surface area contributed by atoms with Crippen LogP contribution in [0.5, 0.6) is 11.5 Å². The van der Waals surface area contributed by atoms with Crippen molar-refractivity contribution in [3.05, 3.63) is 59.2 Å². The summed E-state index contributed by atoms with van der Waals surface area (Å²) >= 11 is 0. The van der Waals surface area contributed by atoms with Crippen LogP contribution in [0.15, 0.2) is 42.5 Å². The fourth-order valence-electron chi connectivity index (χ4n) is 1.89. The summed E-state index contributed by atoms with van der Waals surface area (Å²) in [4.78, 5) is 0. The predicted molar refractivity (Wildman–Crippen MR) is 73.1 cm³/mol. The number of aliphatic hydroxyl groups excluding tert-OH is 1. The van der Waals surface area contributed by atoms with Gasteiger partial charge in [-0.3, -0.25) is 0 Å². The lowest BCUT2D eigenvalue weighted by Gasteiger charge is -2.12. The Labute approximate surface area is 108 Å². The molecule has 0 saturated carbocycles. The minimum Gasteiger partial charge on any atom is -0.457 e. The second-order valence-corrected chi connectivity index (χ2v) is 4.57. The summed E-state index contributed by atoms with van der Waals surface area (Å²) in [6.07, 6.45) is -0.445. The minimum absolute atomic E-state index is 0.445. The summed E-state index contributed by atoms with van der Waals surface area (Å²) in [5, 5.41) is 9.45. The van der Waals surface area contributed by atoms with Crippen molar-refractivity contribution in [2.24, 2.45) is 0 Å². The molecule has 2 aromatic rings. The van der Waals surface area contributed by atoms with E-state index in [0.29, 0.717) is 0 Å². The summed E-state index contributed by atoms with van der Waals surface area (Å²) in [7, 11) is 0. The highest BCUT2D eigenvalue weighted by molar-refractivity contribution is 5.43. The Morgan fingerprint density at radius 1 is 0.944 bits per heavy atom. The summed E-state index contributed by atoms with van der Waals surface area (Å²) in [6.45, 7) is 5.82. The van der Waals surface area contributed by atoms with E-state index < -0.39 is 6.10 Å². The molecule has 0 radical (unpaired) electrons. The maximum absolute atomic E-state index is 9.45. The van der Waals surface area contributed by atoms with Crippen LogP contribution in [-0.4, -0.2) is 5.11 Å². The summed E-state index contributed by atoms with van der Waals surface area (Å²) < 4.78 is 5.89. The minimum atomic E-state index is -0.445. The molecule has 0 amide bonds. The van der Waals surface area contributed by atoms with Gasteiger partial charge in [0, 0.05) is 0 Å². The molecule has 2 nitrogen and oxygen atoms in total. The Balaban J connectivity index is 2.24. The van der Waals surface area contributed by atoms with Crippen molar-refractivity contribution in [3.8, 4) is 11.5 Å². The zero-order valence-corrected chi connectivity index (χ0v) is 11.0. The summed E-state index contributed by atoms with van der Waals surface area (Å²) in [5.74, 6) is 1.69. The molecule has 0 fully saturated rings. The van der Waals surface area contributed by atoms with Gasteiger partial charge in [0.15, 0.2) is 0 Å². The predicted octanol–water partition coefficient (Wildman–Crippen LogP) is 4.15. The van der Waals surface area contributed by atoms with Gasteiger partial charge in [-0.15, -0.1) is 0 Å². The smallest absolute Gasteiger partial charge is 0.133 e. The number of aryl methyl sites for hydroxylation is 2. The monoisotopic (exact) mass is 242 g/mol. The SMILES string of the molecule is Cc1cccc(C)c1Oc1ccc(C(C)O)cc1. The van der Waals surface area contributed by atoms with Gasteiger partial charge in [-0.05, 0) is 49.6 Å². The van der Waals surface area contributed by atoms with Gasteiger partial charge in [-0.2, -0.15) is 0 Å². The molecule has 0 aliphatic heterocycles. The lowest BCUT2D eigenvalue weighted by Crippen LogP contribution is -1.93. The van der Waals surface area contributed by atoms with Gasteiger partial charge in [0.1, 0.15) is 11.5 Å². The van der Waals surface area contributed by atoms with Crippen LogP contribution in [0.25, 0.3) is 0 Å². The summed E-state index contributed by atoms with van der Waals surface area (Å²) in [6, 6.07) is 13.6. The van der Waals surface area contributed by atoms with Crippen LogP contribution in [-0.2, 0) is 0 Å². The van der Waals surface area contributed by atoms with E-state index in [2.05, 4.69) is 0 Å². The Hall–Kier alpha value is -1.80. The van der Waals surface area contributed by atoms with Crippen molar-refractivity contribution in [1.82, 2.24) is 0 Å². The molecule has 0 bridgehead atoms. The lowest BCUT2D eigenvalue weighted by atomic mass is 10.1. The molecule has 1 N–H and O–H groups in total. The zero-order chi connectivity index (χ0) is 13.1. The Morgan fingerprint density at radius 3 is 2.00 bits per heavy atom. The number of rotatable bonds is 3. The van der Waals surface area contributed by atoms with Crippen molar-refractivity contribution < 1.29 is 9.84 Å². The van der Waals surface area contributed by atoms with Gasteiger partial charge in [0.2, 0.25) is 0 Å². The van der Waals surface area contributed by atoms with Gasteiger partial charge >= 0.3 is 0 Å². The summed E-state index contributed by atoms with van der Waals surface area (Å²) in [5.41, 5.74) is 3.13. The third kappa shape index (κ3) is 2.71. The van der Waals surface area contributed by atoms with Crippen LogP contribution >= 0.6 is 0 Å². The first-order chi connectivity index (χ1) is 8.58. The van der Waals surface area contributed by atoms with E-state index in [0.717, 1.165) is 28.2 Å². The normalized spacial score (nSPS) is 12.2. The Kier molecular flexibility index (Phi) is 3.68. The molecule has 0 spiro atoms. The van der Waals surface area contributed by atoms with Crippen molar-refractivity contribution in [2.45, 2.75) is 26.9 Å². The Morgan fingerprint density at radius 2 is 1.50 bits per heavy atom. The van der Waals surface area contributed by atoms with E-state index in [1.807, 2.05) is 56.3 Å². The van der Waals surface area contributed by atoms with Gasteiger partial charge in [0.25, 0.3) is 0 Å². The van der Waals surface area contributed by atoms with Crippen molar-refractivity contribution >= 4 is 0 Å². The van der Waals surface area contributed by atoms with Gasteiger partial charge in [0.05, 0.1) is 6.10 Å². The van der Waals surface area contributed by atoms with Gasteiger partial charge in [-0.25, -0.2) is 0 Å². The molecular formula is C16H18O2. The number of aliphatic hydroxyl groups is 1. The maximum atomic E-state index is 9.45. The Bertz CT molecular complexity index is 507. The molecule has 1 atom stereocenters. The van der Waals surface area contributed by atoms with Crippen LogP contribution in [0.4, 0.5) is 0 Å². The molecule has 18 heavy (non-hydrogen) atoms. The second kappa shape index (κ2) is 5.23. The maximum Gasteiger partial charge on any atom is 0.133 e. The molecule has 0 aromatic heterocycles. The molecule has 2 rings (SSSR count). The highest BCUT2D eigenvalue weighted by Gasteiger charge is 2.05. The fraction of sp³-hybridized carbons (Fsp3) is 0.250. The van der Waals surface area contributed by atoms with Gasteiger partial charge < -0.3 is 9.84 Å². The molecule has 0 aliphatic carbocycles. The first-order valence-electron chi connectivity index (χ1n) is 6.10. The number of hydrogen-bond acceptors (Lipinski definition) is 2. The molecule has 0 saturated heterocycles. The topological polar surface area (TPSA) is 29.5 Å². The quantitative estimate of drug-likeness (QED) is 0.876. The van der Waals surface area contributed by atoms with Crippen LogP contribution in [0.1, 0.15) is 29.7 Å². The highest BCUT2D eigenvalue weighted by Crippen LogP contribution is 2.29. The van der Waals surface area contributed by atoms with Crippen LogP contribution < -0.4 is 4.74 Å². The van der Waals surface area contributed by atoms with Crippen LogP contribution in [0, 0.1) is 13.8 Å². The third-order valence-electron chi connectivity index (χ3n) is 2.99. The second-order valence-electron chi connectivity index (χ2n) is 4.57. The van der Waals surface area contributed by atoms with Crippen LogP contribution in [0.2, 0.25) is 0 Å². The average Bonchev–Trinajstić information content (AvgIpc) is 2.34. The van der Waals surface area contributed by atoms with E-state index >= 15 is 0 Å². The van der Waals surface area contributed by atoms with Crippen molar-refractivity contribution in [3.63, 3.8) is 0 Å². The molecule has 2 heteroatoms. The number of hydrogen-bond donors (Lipinski definition) is 1. The molecule has 1 unspecified atom stereocenters. The average molecular weight is 242 g/mol. The molecule has 0 aliphatic rings. The number of ether oxygens (including phenoxy) is 1. The van der Waals surface area contributed by atoms with E-state index in [-0.39, 0.29) is 0 Å². The first-order valence-corrected chi connectivity index (χ1v) is 6.10. The van der Waals surface area contributed by atoms with E-state index in [1.165, 1.54) is 0 Å². The van der Waals surface area contributed by atoms with Gasteiger partial charge in [-0.1, -0.05) is 30.3 Å². The number of benzene rings is 2. The molecular weight excluding hydrogens is 224 g/mol. The standard InChI is InChI=1S/C16H18O2/c1-11-5-4-6-12(2)16(11)18-15-9-7-14(8-10-15)13(3)17/h4-10,13,17H,1-3H3. The van der Waals surface area contributed by atoms with E-state index in [4.69, 9.17) is 4.74 Å². The molecule has 2 aromatic carbocycles. The van der Waals surface area contributed by atoms with Crippen molar-refractivity contribution in [1.29, 1.82) is 0 Å². The lowest BCUT2D eigenvalue weighted by molar-refractivity contribution is 0.199. The first kappa shape index (κ1) is 12.7. The van der Waals surface area contributed by atoms with E-state index in [1.54, 1.807) is 6.92 Å². The largest absolute Gasteiger partial charge is 0.457 e. The van der Waals surface area contributed by atoms with Crippen LogP contribution in [0.3, 0.4) is 0 Å². The fourth-order valence-corrected chi connectivity index (χ4v) is 1.89. The third-order valence-corrected chi connectivity index (χ3v) is 2.99. The zero-order valence-electron chi connectivity index (χ0n) is 11.0. The van der Waals surface area contributed by atoms with E-state index in [9.17, 15) is 5.11 Å². The molecule has 94 valence electrons. The van der Waals surface area contributed by atoms with Crippen molar-refractivity contribution in [2.75, 3.05) is 0 Å². The molecule has 0 heterocycles.